The van der Waals surface area contributed by atoms with Gasteiger partial charge < -0.3 is 24.9 Å². The number of carbonyl (C=O) groups is 3. The van der Waals surface area contributed by atoms with Crippen molar-refractivity contribution in [3.05, 3.63) is 24.3 Å². The van der Waals surface area contributed by atoms with Crippen LogP contribution in [-0.2, 0) is 14.3 Å². The van der Waals surface area contributed by atoms with Gasteiger partial charge in [0.25, 0.3) is 5.91 Å². The molecule has 0 unspecified atom stereocenters. The summed E-state index contributed by atoms with van der Waals surface area (Å²) in [5.41, 5.74) is -0.205. The molecule has 2 amide bonds. The fourth-order valence-electron chi connectivity index (χ4n) is 2.20. The van der Waals surface area contributed by atoms with Crippen LogP contribution in [0.2, 0.25) is 0 Å². The van der Waals surface area contributed by atoms with E-state index in [1.165, 1.54) is 11.8 Å². The number of rotatable bonds is 3. The molecule has 1 aromatic carbocycles. The molecule has 0 fully saturated rings. The Balaban J connectivity index is 2.23. The van der Waals surface area contributed by atoms with Crippen molar-refractivity contribution in [3.63, 3.8) is 0 Å². The van der Waals surface area contributed by atoms with Crippen molar-refractivity contribution >= 4 is 35.4 Å². The Hall–Kier alpha value is -2.22. The maximum absolute atomic E-state index is 12.7. The van der Waals surface area contributed by atoms with E-state index < -0.39 is 36.2 Å². The van der Waals surface area contributed by atoms with Gasteiger partial charge in [0.1, 0.15) is 11.6 Å². The summed E-state index contributed by atoms with van der Waals surface area (Å²) in [6.45, 7) is 4.57. The number of aliphatic carboxylic acids is 1. The SMILES string of the molecule is CC(C)(C)OC(=O)N[C@@H]1CSc2ccccc2N(CC(=O)[O-])C1=O. The van der Waals surface area contributed by atoms with Crippen molar-refractivity contribution in [2.24, 2.45) is 0 Å². The van der Waals surface area contributed by atoms with Crippen LogP contribution in [-0.4, -0.2) is 41.9 Å². The smallest absolute Gasteiger partial charge is 0.408 e. The molecular formula is C16H19N2O5S-. The van der Waals surface area contributed by atoms with E-state index in [1.54, 1.807) is 45.0 Å². The minimum Gasteiger partial charge on any atom is -0.548 e. The number of ether oxygens (including phenoxy) is 1. The highest BCUT2D eigenvalue weighted by atomic mass is 32.2. The Kier molecular flexibility index (Phi) is 5.38. The molecule has 1 atom stereocenters. The second kappa shape index (κ2) is 7.12. The van der Waals surface area contributed by atoms with E-state index in [0.717, 1.165) is 9.80 Å². The second-order valence-corrected chi connectivity index (χ2v) is 7.34. The van der Waals surface area contributed by atoms with Gasteiger partial charge >= 0.3 is 6.09 Å². The molecule has 1 aromatic rings. The number of benzene rings is 1. The number of para-hydroxylation sites is 1. The van der Waals surface area contributed by atoms with Gasteiger partial charge in [-0.05, 0) is 32.9 Å². The van der Waals surface area contributed by atoms with E-state index in [-0.39, 0.29) is 5.75 Å². The number of fused-ring (bicyclic) bond motifs is 1. The first-order valence-corrected chi connectivity index (χ1v) is 8.38. The highest BCUT2D eigenvalue weighted by Gasteiger charge is 2.32. The van der Waals surface area contributed by atoms with Gasteiger partial charge in [0.15, 0.2) is 0 Å². The lowest BCUT2D eigenvalue weighted by molar-refractivity contribution is -0.303. The third-order valence-corrected chi connectivity index (χ3v) is 4.26. The maximum Gasteiger partial charge on any atom is 0.408 e. The maximum atomic E-state index is 12.7. The lowest BCUT2D eigenvalue weighted by Crippen LogP contribution is -2.52. The molecule has 7 nitrogen and oxygen atoms in total. The molecule has 0 saturated heterocycles. The fraction of sp³-hybridized carbons (Fsp3) is 0.438. The quantitative estimate of drug-likeness (QED) is 0.863. The Morgan fingerprint density at radius 3 is 2.67 bits per heavy atom. The van der Waals surface area contributed by atoms with Crippen LogP contribution in [0.15, 0.2) is 29.2 Å². The number of carboxylic acid groups (broad SMARTS) is 1. The summed E-state index contributed by atoms with van der Waals surface area (Å²) in [5.74, 6) is -1.61. The predicted molar refractivity (Wildman–Crippen MR) is 87.7 cm³/mol. The molecule has 1 heterocycles. The van der Waals surface area contributed by atoms with Gasteiger partial charge in [-0.15, -0.1) is 11.8 Å². The van der Waals surface area contributed by atoms with E-state index >= 15 is 0 Å². The number of carbonyl (C=O) groups excluding carboxylic acids is 3. The molecule has 1 N–H and O–H groups in total. The first-order valence-electron chi connectivity index (χ1n) is 7.40. The monoisotopic (exact) mass is 351 g/mol. The molecule has 0 spiro atoms. The van der Waals surface area contributed by atoms with Crippen LogP contribution in [0, 0.1) is 0 Å². The molecule has 0 aromatic heterocycles. The van der Waals surface area contributed by atoms with Crippen molar-refractivity contribution in [1.82, 2.24) is 5.32 Å². The van der Waals surface area contributed by atoms with Crippen molar-refractivity contribution < 1.29 is 24.2 Å². The summed E-state index contributed by atoms with van der Waals surface area (Å²) in [7, 11) is 0. The second-order valence-electron chi connectivity index (χ2n) is 6.27. The topological polar surface area (TPSA) is 98.8 Å². The number of nitrogens with zero attached hydrogens (tertiary/aromatic N) is 1. The number of carboxylic acids is 1. The van der Waals surface area contributed by atoms with Gasteiger partial charge in [-0.3, -0.25) is 4.79 Å². The largest absolute Gasteiger partial charge is 0.548 e. The van der Waals surface area contributed by atoms with Crippen molar-refractivity contribution in [2.45, 2.75) is 37.3 Å². The summed E-state index contributed by atoms with van der Waals surface area (Å²) in [6.07, 6.45) is -0.721. The summed E-state index contributed by atoms with van der Waals surface area (Å²) in [5, 5.41) is 13.5. The molecular weight excluding hydrogens is 332 g/mol. The summed E-state index contributed by atoms with van der Waals surface area (Å²) in [6, 6.07) is 6.09. The van der Waals surface area contributed by atoms with Gasteiger partial charge in [-0.2, -0.15) is 0 Å². The van der Waals surface area contributed by atoms with Gasteiger partial charge in [0, 0.05) is 10.6 Å². The Morgan fingerprint density at radius 1 is 1.38 bits per heavy atom. The number of anilines is 1. The average molecular weight is 351 g/mol. The highest BCUT2D eigenvalue weighted by Crippen LogP contribution is 2.34. The fourth-order valence-corrected chi connectivity index (χ4v) is 3.27. The van der Waals surface area contributed by atoms with Gasteiger partial charge in [0.2, 0.25) is 0 Å². The molecule has 1 aliphatic rings. The van der Waals surface area contributed by atoms with E-state index in [0.29, 0.717) is 5.69 Å². The van der Waals surface area contributed by atoms with Gasteiger partial charge in [-0.25, -0.2) is 4.79 Å². The average Bonchev–Trinajstić information content (AvgIpc) is 2.57. The van der Waals surface area contributed by atoms with Crippen molar-refractivity contribution in [1.29, 1.82) is 0 Å². The zero-order chi connectivity index (χ0) is 17.9. The van der Waals surface area contributed by atoms with Crippen molar-refractivity contribution in [3.8, 4) is 0 Å². The van der Waals surface area contributed by atoms with Crippen LogP contribution >= 0.6 is 11.8 Å². The lowest BCUT2D eigenvalue weighted by Gasteiger charge is -2.27. The van der Waals surface area contributed by atoms with Crippen LogP contribution in [0.1, 0.15) is 20.8 Å². The Labute approximate surface area is 144 Å². The van der Waals surface area contributed by atoms with Crippen molar-refractivity contribution in [2.75, 3.05) is 17.2 Å². The molecule has 130 valence electrons. The number of hydrogen-bond acceptors (Lipinski definition) is 6. The predicted octanol–water partition coefficient (Wildman–Crippen LogP) is 0.768. The molecule has 0 bridgehead atoms. The summed E-state index contributed by atoms with van der Waals surface area (Å²) in [4.78, 5) is 37.6. The van der Waals surface area contributed by atoms with E-state index in [1.807, 2.05) is 0 Å². The Morgan fingerprint density at radius 2 is 2.04 bits per heavy atom. The highest BCUT2D eigenvalue weighted by molar-refractivity contribution is 7.99. The third-order valence-electron chi connectivity index (χ3n) is 3.10. The van der Waals surface area contributed by atoms with E-state index in [9.17, 15) is 19.5 Å². The number of nitrogens with one attached hydrogen (secondary N) is 1. The molecule has 2 rings (SSSR count). The van der Waals surface area contributed by atoms with Crippen LogP contribution in [0.4, 0.5) is 10.5 Å². The number of hydrogen-bond donors (Lipinski definition) is 1. The van der Waals surface area contributed by atoms with Crippen LogP contribution in [0.25, 0.3) is 0 Å². The van der Waals surface area contributed by atoms with E-state index in [2.05, 4.69) is 5.32 Å². The van der Waals surface area contributed by atoms with Crippen LogP contribution < -0.4 is 15.3 Å². The van der Waals surface area contributed by atoms with Gasteiger partial charge in [-0.1, -0.05) is 12.1 Å². The van der Waals surface area contributed by atoms with Gasteiger partial charge in [0.05, 0.1) is 18.2 Å². The molecule has 0 radical (unpaired) electrons. The first kappa shape index (κ1) is 18.1. The zero-order valence-corrected chi connectivity index (χ0v) is 14.5. The number of alkyl carbamates (subject to hydrolysis) is 1. The summed E-state index contributed by atoms with van der Waals surface area (Å²) < 4.78 is 5.16. The third kappa shape index (κ3) is 4.64. The zero-order valence-electron chi connectivity index (χ0n) is 13.7. The first-order chi connectivity index (χ1) is 11.2. The number of thioether (sulfide) groups is 1. The minimum absolute atomic E-state index is 0.276. The molecule has 0 saturated carbocycles. The molecule has 0 aliphatic carbocycles. The lowest BCUT2D eigenvalue weighted by atomic mass is 10.2. The number of amides is 2. The van der Waals surface area contributed by atoms with Crippen LogP contribution in [0.5, 0.6) is 0 Å². The van der Waals surface area contributed by atoms with Crippen LogP contribution in [0.3, 0.4) is 0 Å². The Bertz CT molecular complexity index is 656. The van der Waals surface area contributed by atoms with E-state index in [4.69, 9.17) is 4.74 Å². The standard InChI is InChI=1S/C16H20N2O5S/c1-16(2,3)23-15(22)17-10-9-24-12-7-5-4-6-11(12)18(14(10)21)8-13(19)20/h4-7,10H,8-9H2,1-3H3,(H,17,22)(H,19,20)/p-1/t10-/m1/s1. The summed E-state index contributed by atoms with van der Waals surface area (Å²) >= 11 is 1.37. The molecule has 24 heavy (non-hydrogen) atoms. The molecule has 1 aliphatic heterocycles. The minimum atomic E-state index is -1.37. The molecule has 8 heteroatoms. The normalized spacial score (nSPS) is 17.7.